The number of halogens is 1. The summed E-state index contributed by atoms with van der Waals surface area (Å²) < 4.78 is 10.8. The van der Waals surface area contributed by atoms with Crippen LogP contribution in [0.15, 0.2) is 41.4 Å². The predicted molar refractivity (Wildman–Crippen MR) is 101 cm³/mol. The molecule has 1 N–H and O–H groups in total. The number of aliphatic imine (C=N–C) groups is 1. The van der Waals surface area contributed by atoms with Crippen molar-refractivity contribution in [2.45, 2.75) is 6.92 Å². The third kappa shape index (κ3) is 4.44. The summed E-state index contributed by atoms with van der Waals surface area (Å²) in [4.78, 5) is 6.77. The molecule has 1 heterocycles. The van der Waals surface area contributed by atoms with E-state index >= 15 is 0 Å². The molecule has 0 bridgehead atoms. The van der Waals surface area contributed by atoms with Gasteiger partial charge in [0.1, 0.15) is 0 Å². The number of phenols is 1. The molecule has 1 aliphatic rings. The Balaban J connectivity index is 1.73. The molecule has 2 aromatic rings. The van der Waals surface area contributed by atoms with E-state index in [4.69, 9.17) is 21.1 Å². The Bertz CT molecular complexity index is 741. The zero-order valence-corrected chi connectivity index (χ0v) is 14.9. The van der Waals surface area contributed by atoms with Gasteiger partial charge in [0, 0.05) is 25.0 Å². The van der Waals surface area contributed by atoms with E-state index in [2.05, 4.69) is 22.0 Å². The van der Waals surface area contributed by atoms with E-state index in [0.717, 1.165) is 37.6 Å². The van der Waals surface area contributed by atoms with Crippen LogP contribution in [0.3, 0.4) is 0 Å². The molecule has 1 saturated heterocycles. The average Bonchev–Trinajstić information content (AvgIpc) is 2.65. The minimum Gasteiger partial charge on any atom is -0.503 e. The molecule has 3 rings (SSSR count). The number of anilines is 1. The number of hydrogen-bond acceptors (Lipinski definition) is 5. The Morgan fingerprint density at radius 1 is 1.24 bits per heavy atom. The zero-order valence-electron chi connectivity index (χ0n) is 14.1. The van der Waals surface area contributed by atoms with Crippen LogP contribution in [0.4, 0.5) is 11.4 Å². The first-order chi connectivity index (χ1) is 12.2. The van der Waals surface area contributed by atoms with Crippen molar-refractivity contribution in [2.75, 3.05) is 37.8 Å². The lowest BCUT2D eigenvalue weighted by atomic mass is 10.2. The van der Waals surface area contributed by atoms with E-state index < -0.39 is 0 Å². The zero-order chi connectivity index (χ0) is 17.6. The summed E-state index contributed by atoms with van der Waals surface area (Å²) in [5.41, 5.74) is 2.79. The summed E-state index contributed by atoms with van der Waals surface area (Å²) in [6.45, 7) is 5.66. The van der Waals surface area contributed by atoms with Crippen molar-refractivity contribution in [1.82, 2.24) is 0 Å². The Hall–Kier alpha value is -2.24. The lowest BCUT2D eigenvalue weighted by Gasteiger charge is -2.28. The third-order valence-electron chi connectivity index (χ3n) is 3.94. The number of aromatic hydroxyl groups is 1. The Labute approximate surface area is 152 Å². The van der Waals surface area contributed by atoms with Gasteiger partial charge in [0.2, 0.25) is 0 Å². The van der Waals surface area contributed by atoms with Gasteiger partial charge in [0.05, 0.1) is 30.5 Å². The van der Waals surface area contributed by atoms with Gasteiger partial charge in [-0.3, -0.25) is 4.99 Å². The molecule has 0 amide bonds. The summed E-state index contributed by atoms with van der Waals surface area (Å²) in [6, 6.07) is 11.5. The van der Waals surface area contributed by atoms with Crippen LogP contribution in [-0.2, 0) is 4.74 Å². The first-order valence-corrected chi connectivity index (χ1v) is 8.67. The minimum absolute atomic E-state index is 0.0458. The Kier molecular flexibility index (Phi) is 5.79. The van der Waals surface area contributed by atoms with E-state index in [1.807, 2.05) is 19.1 Å². The van der Waals surface area contributed by atoms with Crippen LogP contribution in [0.5, 0.6) is 11.5 Å². The molecule has 5 nitrogen and oxygen atoms in total. The molecule has 0 aromatic heterocycles. The fourth-order valence-corrected chi connectivity index (χ4v) is 2.87. The van der Waals surface area contributed by atoms with Gasteiger partial charge in [-0.15, -0.1) is 0 Å². The summed E-state index contributed by atoms with van der Waals surface area (Å²) in [7, 11) is 0. The highest BCUT2D eigenvalue weighted by molar-refractivity contribution is 6.32. The molecule has 2 aromatic carbocycles. The van der Waals surface area contributed by atoms with Crippen molar-refractivity contribution in [3.8, 4) is 11.5 Å². The second kappa shape index (κ2) is 8.23. The van der Waals surface area contributed by atoms with Crippen molar-refractivity contribution in [1.29, 1.82) is 0 Å². The molecule has 0 saturated carbocycles. The lowest BCUT2D eigenvalue weighted by Crippen LogP contribution is -2.36. The second-order valence-electron chi connectivity index (χ2n) is 5.66. The number of phenolic OH excluding ortho intramolecular Hbond substituents is 1. The van der Waals surface area contributed by atoms with Crippen molar-refractivity contribution in [3.05, 3.63) is 47.0 Å². The number of ether oxygens (including phenoxy) is 2. The van der Waals surface area contributed by atoms with Gasteiger partial charge in [0.25, 0.3) is 0 Å². The highest BCUT2D eigenvalue weighted by atomic mass is 35.5. The van der Waals surface area contributed by atoms with Crippen LogP contribution >= 0.6 is 11.6 Å². The first-order valence-electron chi connectivity index (χ1n) is 8.29. The first kappa shape index (κ1) is 17.6. The van der Waals surface area contributed by atoms with Gasteiger partial charge in [-0.05, 0) is 48.9 Å². The van der Waals surface area contributed by atoms with Gasteiger partial charge in [-0.25, -0.2) is 0 Å². The maximum Gasteiger partial charge on any atom is 0.176 e. The molecule has 0 unspecified atom stereocenters. The van der Waals surface area contributed by atoms with Crippen LogP contribution in [-0.4, -0.2) is 44.2 Å². The van der Waals surface area contributed by atoms with Gasteiger partial charge in [-0.2, -0.15) is 0 Å². The molecular weight excluding hydrogens is 340 g/mol. The molecule has 0 spiro atoms. The summed E-state index contributed by atoms with van der Waals surface area (Å²) >= 11 is 6.04. The molecule has 0 aliphatic carbocycles. The normalized spacial score (nSPS) is 14.9. The molecule has 0 atom stereocenters. The minimum atomic E-state index is -0.0458. The SMILES string of the molecule is CCOc1cc(C=Nc2ccc(N3CCOCC3)cc2)cc(Cl)c1O. The fourth-order valence-electron chi connectivity index (χ4n) is 2.65. The molecule has 25 heavy (non-hydrogen) atoms. The standard InChI is InChI=1S/C19H21ClN2O3/c1-2-25-18-12-14(11-17(20)19(18)23)13-21-15-3-5-16(6-4-15)22-7-9-24-10-8-22/h3-6,11-13,23H,2,7-10H2,1H3. The topological polar surface area (TPSA) is 54.3 Å². The number of morpholine rings is 1. The van der Waals surface area contributed by atoms with Crippen LogP contribution in [0.1, 0.15) is 12.5 Å². The summed E-state index contributed by atoms with van der Waals surface area (Å²) in [5.74, 6) is 0.314. The van der Waals surface area contributed by atoms with E-state index in [-0.39, 0.29) is 10.8 Å². The molecule has 0 radical (unpaired) electrons. The average molecular weight is 361 g/mol. The van der Waals surface area contributed by atoms with Crippen molar-refractivity contribution in [2.24, 2.45) is 4.99 Å². The van der Waals surface area contributed by atoms with E-state index in [1.54, 1.807) is 18.3 Å². The third-order valence-corrected chi connectivity index (χ3v) is 4.23. The fraction of sp³-hybridized carbons (Fsp3) is 0.316. The quantitative estimate of drug-likeness (QED) is 0.818. The summed E-state index contributed by atoms with van der Waals surface area (Å²) in [5, 5.41) is 10.1. The molecule has 1 aliphatic heterocycles. The lowest BCUT2D eigenvalue weighted by molar-refractivity contribution is 0.122. The van der Waals surface area contributed by atoms with E-state index in [1.165, 1.54) is 5.69 Å². The summed E-state index contributed by atoms with van der Waals surface area (Å²) in [6.07, 6.45) is 1.71. The van der Waals surface area contributed by atoms with Crippen molar-refractivity contribution < 1.29 is 14.6 Å². The highest BCUT2D eigenvalue weighted by Gasteiger charge is 2.11. The number of benzene rings is 2. The Morgan fingerprint density at radius 3 is 2.64 bits per heavy atom. The van der Waals surface area contributed by atoms with Gasteiger partial charge >= 0.3 is 0 Å². The predicted octanol–water partition coefficient (Wildman–Crippen LogP) is 4.03. The molecular formula is C19H21ClN2O3. The van der Waals surface area contributed by atoms with Gasteiger partial charge in [0.15, 0.2) is 11.5 Å². The number of hydrogen-bond donors (Lipinski definition) is 1. The van der Waals surface area contributed by atoms with E-state index in [9.17, 15) is 5.11 Å². The van der Waals surface area contributed by atoms with Crippen molar-refractivity contribution >= 4 is 29.2 Å². The van der Waals surface area contributed by atoms with Gasteiger partial charge in [-0.1, -0.05) is 11.6 Å². The maximum atomic E-state index is 9.88. The van der Waals surface area contributed by atoms with E-state index in [0.29, 0.717) is 12.4 Å². The number of nitrogens with zero attached hydrogens (tertiary/aromatic N) is 2. The van der Waals surface area contributed by atoms with Crippen LogP contribution in [0.25, 0.3) is 0 Å². The maximum absolute atomic E-state index is 9.88. The number of rotatable bonds is 5. The molecule has 132 valence electrons. The van der Waals surface area contributed by atoms with Crippen LogP contribution in [0.2, 0.25) is 5.02 Å². The largest absolute Gasteiger partial charge is 0.503 e. The van der Waals surface area contributed by atoms with Crippen molar-refractivity contribution in [3.63, 3.8) is 0 Å². The smallest absolute Gasteiger partial charge is 0.176 e. The van der Waals surface area contributed by atoms with Crippen LogP contribution in [0, 0.1) is 0 Å². The molecule has 6 heteroatoms. The van der Waals surface area contributed by atoms with Gasteiger partial charge < -0.3 is 19.5 Å². The Morgan fingerprint density at radius 2 is 1.96 bits per heavy atom. The second-order valence-corrected chi connectivity index (χ2v) is 6.06. The molecule has 1 fully saturated rings. The highest BCUT2D eigenvalue weighted by Crippen LogP contribution is 2.35. The monoisotopic (exact) mass is 360 g/mol. The van der Waals surface area contributed by atoms with Crippen LogP contribution < -0.4 is 9.64 Å².